The second-order valence-electron chi connectivity index (χ2n) is 9.74. The lowest BCUT2D eigenvalue weighted by Gasteiger charge is -2.07. The van der Waals surface area contributed by atoms with Crippen molar-refractivity contribution in [2.45, 2.75) is 76.5 Å². The molecule has 1 saturated heterocycles. The number of carbonyl (C=O) groups excluding carboxylic acids is 1. The van der Waals surface area contributed by atoms with Crippen molar-refractivity contribution < 1.29 is 54.3 Å². The van der Waals surface area contributed by atoms with E-state index in [0.29, 0.717) is 18.8 Å². The summed E-state index contributed by atoms with van der Waals surface area (Å²) in [7, 11) is 0. The van der Waals surface area contributed by atoms with Crippen LogP contribution in [0.3, 0.4) is 0 Å². The Hall–Kier alpha value is -4.16. The minimum atomic E-state index is -1.11. The monoisotopic (exact) mass is 632 g/mol. The molecule has 0 radical (unpaired) electrons. The van der Waals surface area contributed by atoms with E-state index >= 15 is 0 Å². The summed E-state index contributed by atoms with van der Waals surface area (Å²) in [6.07, 6.45) is 2.84. The van der Waals surface area contributed by atoms with Crippen LogP contribution in [-0.2, 0) is 35.2 Å². The first-order valence-electron chi connectivity index (χ1n) is 13.5. The molecule has 0 aliphatic carbocycles. The number of carboxylic acid groups (broad SMARTS) is 5. The Balaban J connectivity index is -0.000000489. The third-order valence-electron chi connectivity index (χ3n) is 5.21. The van der Waals surface area contributed by atoms with Crippen LogP contribution < -0.4 is 34.0 Å². The van der Waals surface area contributed by atoms with Crippen LogP contribution in [0.15, 0.2) is 30.3 Å². The molecule has 252 valence electrons. The zero-order valence-corrected chi connectivity index (χ0v) is 25.0. The molecule has 1 amide bonds. The van der Waals surface area contributed by atoms with Gasteiger partial charge in [0, 0.05) is 6.42 Å². The molecule has 2 rings (SSSR count). The van der Waals surface area contributed by atoms with Gasteiger partial charge in [-0.25, -0.2) is 0 Å². The fraction of sp³-hybridized carbons (Fsp3) is 0.556. The third kappa shape index (κ3) is 29.3. The molecule has 44 heavy (non-hydrogen) atoms. The Labute approximate surface area is 255 Å². The first-order valence-corrected chi connectivity index (χ1v) is 13.5. The van der Waals surface area contributed by atoms with Gasteiger partial charge in [-0.3, -0.25) is 28.8 Å². The van der Waals surface area contributed by atoms with Crippen LogP contribution in [-0.4, -0.2) is 98.5 Å². The van der Waals surface area contributed by atoms with E-state index in [2.05, 4.69) is 11.1 Å². The second-order valence-corrected chi connectivity index (χ2v) is 9.74. The van der Waals surface area contributed by atoms with Crippen molar-refractivity contribution in [2.24, 2.45) is 34.6 Å². The van der Waals surface area contributed by atoms with Crippen molar-refractivity contribution in [1.29, 1.82) is 0 Å². The van der Waals surface area contributed by atoms with Crippen molar-refractivity contribution in [3.63, 3.8) is 0 Å². The number of nitrogens with one attached hydrogen (secondary N) is 1. The molecule has 1 aromatic carbocycles. The fourth-order valence-corrected chi connectivity index (χ4v) is 2.88. The van der Waals surface area contributed by atoms with E-state index in [1.807, 2.05) is 44.2 Å². The predicted octanol–water partition coefficient (Wildman–Crippen LogP) is -1.40. The lowest BCUT2D eigenvalue weighted by atomic mass is 10.1. The van der Waals surface area contributed by atoms with Gasteiger partial charge in [-0.15, -0.1) is 0 Å². The number of carbonyl (C=O) groups is 6. The second kappa shape index (κ2) is 26.5. The topological polar surface area (TPSA) is 346 Å². The zero-order chi connectivity index (χ0) is 34.8. The van der Waals surface area contributed by atoms with Crippen molar-refractivity contribution >= 4 is 35.8 Å². The molecule has 1 aliphatic heterocycles. The molecule has 0 aromatic heterocycles. The summed E-state index contributed by atoms with van der Waals surface area (Å²) >= 11 is 0. The van der Waals surface area contributed by atoms with Crippen LogP contribution in [0.4, 0.5) is 0 Å². The van der Waals surface area contributed by atoms with Crippen molar-refractivity contribution in [1.82, 2.24) is 5.32 Å². The molecule has 1 aromatic rings. The Kier molecular flexibility index (Phi) is 26.6. The molecule has 0 bridgehead atoms. The van der Waals surface area contributed by atoms with Crippen LogP contribution in [0.2, 0.25) is 0 Å². The normalized spacial score (nSPS) is 15.0. The molecule has 3 unspecified atom stereocenters. The third-order valence-corrected chi connectivity index (χ3v) is 5.21. The maximum Gasteiger partial charge on any atom is 0.320 e. The van der Waals surface area contributed by atoms with Gasteiger partial charge >= 0.3 is 29.8 Å². The number of amides is 1. The minimum Gasteiger partial charge on any atom is -0.480 e. The van der Waals surface area contributed by atoms with Gasteiger partial charge < -0.3 is 59.5 Å². The van der Waals surface area contributed by atoms with Gasteiger partial charge in [0.05, 0.1) is 6.54 Å². The average molecular weight is 633 g/mol. The molecule has 17 nitrogen and oxygen atoms in total. The Bertz CT molecular complexity index is 990. The molecule has 16 N–H and O–H groups in total. The van der Waals surface area contributed by atoms with Crippen molar-refractivity contribution in [3.8, 4) is 0 Å². The van der Waals surface area contributed by atoms with Crippen LogP contribution >= 0.6 is 0 Å². The maximum absolute atomic E-state index is 10.4. The summed E-state index contributed by atoms with van der Waals surface area (Å²) in [6, 6.07) is 6.61. The quantitative estimate of drug-likeness (QED) is 0.126. The molecule has 1 heterocycles. The Morgan fingerprint density at radius 1 is 0.841 bits per heavy atom. The summed E-state index contributed by atoms with van der Waals surface area (Å²) in [6.45, 7) is 4.47. The number of hydrogen-bond donors (Lipinski definition) is 11. The van der Waals surface area contributed by atoms with Gasteiger partial charge in [-0.2, -0.15) is 0 Å². The number of benzene rings is 1. The standard InChI is InChI=1S/C9H11NO2.C6H13NO2.C5H10N2O3.C5H9NO2.C2H5NO2/c10-8(9(11)12)6-7-4-2-1-3-5-7;1-4(2)3-5(7)6(8)9;6-3(5(9)10)1-2-4(7)8;7-5(8)4-2-1-3-6-4;3-1-2(4)5/h1-5,8H,6,10H2,(H,11,12);4-5H,3,7H2,1-2H3,(H,8,9);3H,1-2,6H2,(H2,7,8)(H,9,10);4,6H,1-3H2,(H,7,8);1,3H2,(H,4,5)/t;;;4-;/m...0./s1. The minimum absolute atomic E-state index is 0.0213. The molecule has 17 heteroatoms. The highest BCUT2D eigenvalue weighted by Gasteiger charge is 2.20. The highest BCUT2D eigenvalue weighted by molar-refractivity contribution is 5.77. The van der Waals surface area contributed by atoms with Crippen molar-refractivity contribution in [2.75, 3.05) is 13.1 Å². The lowest BCUT2D eigenvalue weighted by Crippen LogP contribution is -2.32. The summed E-state index contributed by atoms with van der Waals surface area (Å²) in [5, 5.41) is 43.8. The maximum atomic E-state index is 10.4. The number of nitrogens with two attached hydrogens (primary N) is 5. The van der Waals surface area contributed by atoms with Gasteiger partial charge in [-0.05, 0) is 50.1 Å². The molecular weight excluding hydrogens is 584 g/mol. The van der Waals surface area contributed by atoms with Crippen molar-refractivity contribution in [3.05, 3.63) is 35.9 Å². The molecule has 1 fully saturated rings. The Morgan fingerprint density at radius 2 is 1.32 bits per heavy atom. The highest BCUT2D eigenvalue weighted by Crippen LogP contribution is 2.04. The van der Waals surface area contributed by atoms with E-state index in [-0.39, 0.29) is 25.4 Å². The number of rotatable bonds is 12. The summed E-state index contributed by atoms with van der Waals surface area (Å²) in [5.41, 5.74) is 25.9. The van der Waals surface area contributed by atoms with Crippen LogP contribution in [0.25, 0.3) is 0 Å². The number of aliphatic carboxylic acids is 5. The van der Waals surface area contributed by atoms with E-state index in [9.17, 15) is 28.8 Å². The van der Waals surface area contributed by atoms with Gasteiger partial charge in [0.25, 0.3) is 0 Å². The lowest BCUT2D eigenvalue weighted by molar-refractivity contribution is -0.139. The smallest absolute Gasteiger partial charge is 0.320 e. The van der Waals surface area contributed by atoms with Gasteiger partial charge in [0.2, 0.25) is 5.91 Å². The van der Waals surface area contributed by atoms with Crippen LogP contribution in [0, 0.1) is 5.92 Å². The molecule has 0 spiro atoms. The predicted molar refractivity (Wildman–Crippen MR) is 160 cm³/mol. The molecule has 0 saturated carbocycles. The fourth-order valence-electron chi connectivity index (χ4n) is 2.88. The van der Waals surface area contributed by atoms with E-state index in [1.54, 1.807) is 0 Å². The van der Waals surface area contributed by atoms with E-state index < -0.39 is 53.9 Å². The highest BCUT2D eigenvalue weighted by atomic mass is 16.4. The van der Waals surface area contributed by atoms with Gasteiger partial charge in [0.15, 0.2) is 0 Å². The summed E-state index contributed by atoms with van der Waals surface area (Å²) in [4.78, 5) is 60.0. The first kappa shape index (κ1) is 44.3. The summed E-state index contributed by atoms with van der Waals surface area (Å²) < 4.78 is 0. The molecule has 4 atom stereocenters. The zero-order valence-electron chi connectivity index (χ0n) is 25.0. The van der Waals surface area contributed by atoms with Crippen LogP contribution in [0.1, 0.15) is 51.5 Å². The summed E-state index contributed by atoms with van der Waals surface area (Å²) in [5.74, 6) is -4.84. The SMILES string of the molecule is CC(C)CC(N)C(=O)O.NC(=O)CCC(N)C(=O)O.NC(Cc1ccccc1)C(=O)O.NCC(=O)O.O=C(O)[C@@H]1CCCN1. The average Bonchev–Trinajstić information content (AvgIpc) is 3.49. The van der Waals surface area contributed by atoms with Crippen LogP contribution in [0.5, 0.6) is 0 Å². The number of primary amides is 1. The van der Waals surface area contributed by atoms with Gasteiger partial charge in [0.1, 0.15) is 24.2 Å². The first-order chi connectivity index (χ1) is 20.3. The van der Waals surface area contributed by atoms with Gasteiger partial charge in [-0.1, -0.05) is 44.2 Å². The van der Waals surface area contributed by atoms with E-state index in [4.69, 9.17) is 48.5 Å². The largest absolute Gasteiger partial charge is 0.480 e. The number of carboxylic acids is 5. The molecule has 1 aliphatic rings. The van der Waals surface area contributed by atoms with E-state index in [1.165, 1.54) is 0 Å². The van der Waals surface area contributed by atoms with E-state index in [0.717, 1.165) is 24.9 Å². The Morgan fingerprint density at radius 3 is 1.59 bits per heavy atom. The molecular formula is C27H48N6O11. The number of hydrogen-bond acceptors (Lipinski definition) is 11.